The van der Waals surface area contributed by atoms with E-state index >= 15 is 0 Å². The number of rotatable bonds is 15. The van der Waals surface area contributed by atoms with Crippen molar-refractivity contribution >= 4 is 57.1 Å². The Bertz CT molecular complexity index is 1920. The summed E-state index contributed by atoms with van der Waals surface area (Å²) < 4.78 is 0. The van der Waals surface area contributed by atoms with E-state index in [1.807, 2.05) is 85.8 Å². The highest BCUT2D eigenvalue weighted by molar-refractivity contribution is 6.30. The number of hydrogen-bond acceptors (Lipinski definition) is 3. The Morgan fingerprint density at radius 1 is 0.771 bits per heavy atom. The lowest BCUT2D eigenvalue weighted by molar-refractivity contribution is -0.151. The van der Waals surface area contributed by atoms with E-state index in [4.69, 9.17) is 11.6 Å². The minimum Gasteiger partial charge on any atom is -0.481 e. The van der Waals surface area contributed by atoms with E-state index < -0.39 is 30.7 Å². The van der Waals surface area contributed by atoms with E-state index in [2.05, 4.69) is 42.5 Å². The van der Waals surface area contributed by atoms with Crippen LogP contribution in [0.1, 0.15) is 61.6 Å². The van der Waals surface area contributed by atoms with Crippen LogP contribution in [0.25, 0.3) is 27.6 Å². The van der Waals surface area contributed by atoms with Crippen LogP contribution in [-0.4, -0.2) is 39.0 Å². The first kappa shape index (κ1) is 34.4. The van der Waals surface area contributed by atoms with Crippen molar-refractivity contribution in [1.29, 1.82) is 0 Å². The molecule has 3 atom stereocenters. The van der Waals surface area contributed by atoms with Gasteiger partial charge in [-0.2, -0.15) is 0 Å². The van der Waals surface area contributed by atoms with Crippen LogP contribution in [0.5, 0.6) is 0 Å². The first-order valence-electron chi connectivity index (χ1n) is 16.3. The van der Waals surface area contributed by atoms with Gasteiger partial charge in [0.15, 0.2) is 0 Å². The van der Waals surface area contributed by atoms with Crippen LogP contribution in [0.2, 0.25) is 5.02 Å². The summed E-state index contributed by atoms with van der Waals surface area (Å²) in [6, 6.07) is 36.1. The molecule has 6 nitrogen and oxygen atoms in total. The summed E-state index contributed by atoms with van der Waals surface area (Å²) in [5, 5.41) is 24.2. The summed E-state index contributed by atoms with van der Waals surface area (Å²) in [5.41, 5.74) is 3.08. The van der Waals surface area contributed by atoms with Gasteiger partial charge in [0, 0.05) is 29.9 Å². The number of allylic oxidation sites excluding steroid dienone is 1. The molecular weight excluding hydrogens is 622 g/mol. The second-order valence-electron chi connectivity index (χ2n) is 12.4. The second kappa shape index (κ2) is 16.2. The fourth-order valence-corrected chi connectivity index (χ4v) is 6.50. The maximum atomic E-state index is 14.0. The standard InChI is InChI=1S/C41H40ClNO5/c1-28(43(39(44)25-36(41(47)48)26-40(45)46)27-30-16-18-32-11-6-8-13-35(32)24-30)38(33-19-21-37(42)22-20-33)14-4-2-3-9-29-15-17-31-10-5-7-12-34(31)23-29/h3,5-13,15-24,28,36,38H,2,4,14,25-27H2,1H3,(H,45,46)(H,47,48)/b9-3+. The molecule has 0 spiro atoms. The van der Waals surface area contributed by atoms with Crippen LogP contribution < -0.4 is 0 Å². The van der Waals surface area contributed by atoms with E-state index in [1.165, 1.54) is 10.8 Å². The molecule has 5 rings (SSSR count). The lowest BCUT2D eigenvalue weighted by Crippen LogP contribution is -2.43. The summed E-state index contributed by atoms with van der Waals surface area (Å²) in [7, 11) is 0. The van der Waals surface area contributed by atoms with Crippen molar-refractivity contribution in [3.8, 4) is 0 Å². The first-order chi connectivity index (χ1) is 23.2. The van der Waals surface area contributed by atoms with E-state index in [9.17, 15) is 24.6 Å². The highest BCUT2D eigenvalue weighted by Crippen LogP contribution is 2.32. The van der Waals surface area contributed by atoms with Gasteiger partial charge in [0.2, 0.25) is 5.91 Å². The number of unbranched alkanes of at least 4 members (excludes halogenated alkanes) is 1. The Kier molecular flexibility index (Phi) is 11.6. The lowest BCUT2D eigenvalue weighted by Gasteiger charge is -2.36. The first-order valence-corrected chi connectivity index (χ1v) is 16.7. The van der Waals surface area contributed by atoms with Crippen molar-refractivity contribution in [2.24, 2.45) is 5.92 Å². The second-order valence-corrected chi connectivity index (χ2v) is 12.8. The molecule has 0 aromatic heterocycles. The van der Waals surface area contributed by atoms with Gasteiger partial charge in [-0.05, 0) is 88.7 Å². The zero-order valence-corrected chi connectivity index (χ0v) is 27.7. The Hall–Kier alpha value is -4.94. The monoisotopic (exact) mass is 661 g/mol. The van der Waals surface area contributed by atoms with Gasteiger partial charge in [-0.1, -0.05) is 109 Å². The van der Waals surface area contributed by atoms with Crippen molar-refractivity contribution in [2.45, 2.75) is 57.5 Å². The number of carbonyl (C=O) groups is 3. The van der Waals surface area contributed by atoms with Crippen molar-refractivity contribution < 1.29 is 24.6 Å². The maximum absolute atomic E-state index is 14.0. The Morgan fingerprint density at radius 2 is 1.40 bits per heavy atom. The fourth-order valence-electron chi connectivity index (χ4n) is 6.38. The molecule has 0 aliphatic rings. The predicted octanol–water partition coefficient (Wildman–Crippen LogP) is 9.60. The molecule has 5 aromatic rings. The molecule has 246 valence electrons. The summed E-state index contributed by atoms with van der Waals surface area (Å²) >= 11 is 6.26. The van der Waals surface area contributed by atoms with E-state index in [-0.39, 0.29) is 24.4 Å². The van der Waals surface area contributed by atoms with Crippen molar-refractivity contribution in [3.05, 3.63) is 137 Å². The van der Waals surface area contributed by atoms with Crippen LogP contribution in [0.4, 0.5) is 0 Å². The number of fused-ring (bicyclic) bond motifs is 2. The van der Waals surface area contributed by atoms with Gasteiger partial charge in [-0.25, -0.2) is 0 Å². The number of carbonyl (C=O) groups excluding carboxylic acids is 1. The van der Waals surface area contributed by atoms with Gasteiger partial charge >= 0.3 is 11.9 Å². The zero-order valence-electron chi connectivity index (χ0n) is 27.0. The highest BCUT2D eigenvalue weighted by atomic mass is 35.5. The third kappa shape index (κ3) is 9.11. The van der Waals surface area contributed by atoms with Gasteiger partial charge < -0.3 is 15.1 Å². The number of carboxylic acids is 2. The maximum Gasteiger partial charge on any atom is 0.307 e. The van der Waals surface area contributed by atoms with Crippen LogP contribution in [0.3, 0.4) is 0 Å². The molecule has 5 aromatic carbocycles. The number of nitrogens with zero attached hydrogens (tertiary/aromatic N) is 1. The van der Waals surface area contributed by atoms with Gasteiger partial charge in [0.1, 0.15) is 0 Å². The SMILES string of the molecule is CC(C(CCC/C=C/c1ccc2ccccc2c1)c1ccc(Cl)cc1)N(Cc1ccc2ccccc2c1)C(=O)CC(CC(=O)O)C(=O)O. The number of amides is 1. The molecule has 48 heavy (non-hydrogen) atoms. The van der Waals surface area contributed by atoms with E-state index in [0.29, 0.717) is 5.02 Å². The third-order valence-electron chi connectivity index (χ3n) is 9.02. The summed E-state index contributed by atoms with van der Waals surface area (Å²) in [6.07, 6.45) is 5.75. The smallest absolute Gasteiger partial charge is 0.307 e. The summed E-state index contributed by atoms with van der Waals surface area (Å²) in [5.74, 6) is -4.34. The minimum atomic E-state index is -1.32. The van der Waals surface area contributed by atoms with Crippen molar-refractivity contribution in [3.63, 3.8) is 0 Å². The fraction of sp³-hybridized carbons (Fsp3) is 0.244. The molecule has 0 saturated carbocycles. The molecular formula is C41H40ClNO5. The van der Waals surface area contributed by atoms with Crippen molar-refractivity contribution in [2.75, 3.05) is 0 Å². The minimum absolute atomic E-state index is 0.0801. The topological polar surface area (TPSA) is 94.9 Å². The molecule has 0 bridgehead atoms. The third-order valence-corrected chi connectivity index (χ3v) is 9.27. The van der Waals surface area contributed by atoms with E-state index in [0.717, 1.165) is 46.7 Å². The highest BCUT2D eigenvalue weighted by Gasteiger charge is 2.32. The lowest BCUT2D eigenvalue weighted by atomic mass is 9.86. The average Bonchev–Trinajstić information content (AvgIpc) is 3.08. The number of halogens is 1. The van der Waals surface area contributed by atoms with Gasteiger partial charge in [-0.15, -0.1) is 0 Å². The number of benzene rings is 5. The van der Waals surface area contributed by atoms with Gasteiger partial charge in [0.25, 0.3) is 0 Å². The molecule has 0 fully saturated rings. The molecule has 3 unspecified atom stereocenters. The summed E-state index contributed by atoms with van der Waals surface area (Å²) in [4.78, 5) is 39.2. The quantitative estimate of drug-likeness (QED) is 0.109. The Labute approximate surface area is 286 Å². The van der Waals surface area contributed by atoms with Gasteiger partial charge in [-0.3, -0.25) is 14.4 Å². The van der Waals surface area contributed by atoms with Gasteiger partial charge in [0.05, 0.1) is 12.3 Å². The molecule has 0 aliphatic carbocycles. The largest absolute Gasteiger partial charge is 0.481 e. The molecule has 0 aliphatic heterocycles. The van der Waals surface area contributed by atoms with Crippen LogP contribution in [-0.2, 0) is 20.9 Å². The molecule has 0 radical (unpaired) electrons. The summed E-state index contributed by atoms with van der Waals surface area (Å²) in [6.45, 7) is 2.26. The van der Waals surface area contributed by atoms with E-state index in [1.54, 1.807) is 4.90 Å². The Morgan fingerprint density at radius 3 is 2.04 bits per heavy atom. The average molecular weight is 662 g/mol. The van der Waals surface area contributed by atoms with Crippen LogP contribution in [0, 0.1) is 5.92 Å². The van der Waals surface area contributed by atoms with Crippen LogP contribution >= 0.6 is 11.6 Å². The Balaban J connectivity index is 1.39. The molecule has 0 saturated heterocycles. The molecule has 2 N–H and O–H groups in total. The predicted molar refractivity (Wildman–Crippen MR) is 193 cm³/mol. The molecule has 0 heterocycles. The zero-order chi connectivity index (χ0) is 34.0. The molecule has 7 heteroatoms. The number of hydrogen-bond donors (Lipinski definition) is 2. The number of aliphatic carboxylic acids is 2. The molecule has 1 amide bonds. The van der Waals surface area contributed by atoms with Crippen LogP contribution in [0.15, 0.2) is 115 Å². The van der Waals surface area contributed by atoms with Crippen molar-refractivity contribution in [1.82, 2.24) is 4.90 Å². The normalized spacial score (nSPS) is 13.4. The number of carboxylic acid groups (broad SMARTS) is 2.